The van der Waals surface area contributed by atoms with Crippen LogP contribution in [0.15, 0.2) is 0 Å². The van der Waals surface area contributed by atoms with Crippen LogP contribution in [0, 0.1) is 0 Å². The molecule has 0 aliphatic heterocycles. The van der Waals surface area contributed by atoms with E-state index in [1.807, 2.05) is 0 Å². The Labute approximate surface area is 71.8 Å². The van der Waals surface area contributed by atoms with Gasteiger partial charge in [-0.1, -0.05) is 0 Å². The summed E-state index contributed by atoms with van der Waals surface area (Å²) in [5, 5.41) is 6.68. The molecule has 0 bridgehead atoms. The predicted octanol–water partition coefficient (Wildman–Crippen LogP) is 1.70. The Kier molecular flexibility index (Phi) is 5.77. The standard InChI is InChI=1S/C4H5ClO5S/c5-1-2-9-4(8)10-11-3(6)7/h1-2H2,(H,6,7). The Hall–Kier alpha value is -0.620. The summed E-state index contributed by atoms with van der Waals surface area (Å²) in [7, 11) is 0. The number of carbonyl (C=O) groups excluding carboxylic acids is 1. The smallest absolute Gasteiger partial charge is 0.471 e. The monoisotopic (exact) mass is 200 g/mol. The van der Waals surface area contributed by atoms with Crippen molar-refractivity contribution in [3.05, 3.63) is 0 Å². The molecule has 0 radical (unpaired) electrons. The quantitative estimate of drug-likeness (QED) is 0.416. The molecule has 0 saturated heterocycles. The van der Waals surface area contributed by atoms with E-state index in [2.05, 4.69) is 8.92 Å². The average molecular weight is 201 g/mol. The average Bonchev–Trinajstić information content (AvgIpc) is 1.97. The zero-order valence-corrected chi connectivity index (χ0v) is 6.85. The molecule has 0 aromatic carbocycles. The summed E-state index contributed by atoms with van der Waals surface area (Å²) in [5.74, 6) is 0.146. The molecule has 0 fully saturated rings. The molecule has 0 saturated carbocycles. The highest BCUT2D eigenvalue weighted by molar-refractivity contribution is 8.09. The molecule has 0 aliphatic rings. The molecule has 64 valence electrons. The normalized spacial score (nSPS) is 8.82. The van der Waals surface area contributed by atoms with Crippen LogP contribution in [0.4, 0.5) is 9.59 Å². The SMILES string of the molecule is O=C(OCCCl)OSC(=O)O. The summed E-state index contributed by atoms with van der Waals surface area (Å²) in [6.45, 7) is 0.000563. The number of carboxylic acid groups (broad SMARTS) is 1. The van der Waals surface area contributed by atoms with Gasteiger partial charge in [0.25, 0.3) is 0 Å². The van der Waals surface area contributed by atoms with Gasteiger partial charge >= 0.3 is 11.5 Å². The topological polar surface area (TPSA) is 72.8 Å². The number of halogens is 1. The van der Waals surface area contributed by atoms with E-state index in [1.165, 1.54) is 0 Å². The van der Waals surface area contributed by atoms with Crippen molar-refractivity contribution in [2.45, 2.75) is 0 Å². The van der Waals surface area contributed by atoms with Gasteiger partial charge in [0.15, 0.2) is 12.0 Å². The largest absolute Gasteiger partial charge is 0.521 e. The first-order valence-corrected chi connectivity index (χ1v) is 3.74. The predicted molar refractivity (Wildman–Crippen MR) is 38.8 cm³/mol. The summed E-state index contributed by atoms with van der Waals surface area (Å²) >= 11 is 5.14. The molecule has 0 amide bonds. The Morgan fingerprint density at radius 2 is 2.18 bits per heavy atom. The van der Waals surface area contributed by atoms with E-state index in [-0.39, 0.29) is 24.5 Å². The van der Waals surface area contributed by atoms with E-state index in [9.17, 15) is 9.59 Å². The molecule has 0 unspecified atom stereocenters. The van der Waals surface area contributed by atoms with Gasteiger partial charge in [-0.05, 0) is 0 Å². The summed E-state index contributed by atoms with van der Waals surface area (Å²) in [6, 6.07) is 0. The fraction of sp³-hybridized carbons (Fsp3) is 0.500. The molecule has 7 heteroatoms. The highest BCUT2D eigenvalue weighted by Crippen LogP contribution is 2.04. The maximum absolute atomic E-state index is 10.3. The van der Waals surface area contributed by atoms with Crippen molar-refractivity contribution in [1.82, 2.24) is 0 Å². The fourth-order valence-corrected chi connectivity index (χ4v) is 0.480. The van der Waals surface area contributed by atoms with Gasteiger partial charge in [-0.25, -0.2) is 9.59 Å². The molecular weight excluding hydrogens is 196 g/mol. The number of ether oxygens (including phenoxy) is 1. The van der Waals surface area contributed by atoms with E-state index in [0.29, 0.717) is 0 Å². The minimum atomic E-state index is -1.31. The minimum Gasteiger partial charge on any atom is -0.471 e. The number of hydrogen-bond acceptors (Lipinski definition) is 5. The van der Waals surface area contributed by atoms with Crippen molar-refractivity contribution < 1.29 is 23.6 Å². The highest BCUT2D eigenvalue weighted by atomic mass is 35.5. The second-order valence-electron chi connectivity index (χ2n) is 1.22. The van der Waals surface area contributed by atoms with Gasteiger partial charge in [0.2, 0.25) is 0 Å². The number of rotatable bonds is 2. The van der Waals surface area contributed by atoms with Crippen LogP contribution in [0.1, 0.15) is 0 Å². The molecule has 0 spiro atoms. The lowest BCUT2D eigenvalue weighted by atomic mass is 10.9. The second kappa shape index (κ2) is 6.11. The molecule has 0 rings (SSSR count). The minimum absolute atomic E-state index is 0.000563. The van der Waals surface area contributed by atoms with Crippen molar-refractivity contribution in [3.8, 4) is 0 Å². The van der Waals surface area contributed by atoms with E-state index in [0.717, 1.165) is 0 Å². The highest BCUT2D eigenvalue weighted by Gasteiger charge is 2.07. The lowest BCUT2D eigenvalue weighted by Crippen LogP contribution is -2.06. The van der Waals surface area contributed by atoms with Gasteiger partial charge in [0, 0.05) is 0 Å². The number of hydrogen-bond donors (Lipinski definition) is 1. The van der Waals surface area contributed by atoms with Crippen molar-refractivity contribution in [1.29, 1.82) is 0 Å². The van der Waals surface area contributed by atoms with Crippen LogP contribution in [-0.2, 0) is 8.92 Å². The molecule has 0 aromatic heterocycles. The second-order valence-corrected chi connectivity index (χ2v) is 2.28. The molecular formula is C4H5ClO5S. The molecule has 0 aromatic rings. The van der Waals surface area contributed by atoms with Gasteiger partial charge in [-0.15, -0.1) is 11.6 Å². The Morgan fingerprint density at radius 3 is 2.64 bits per heavy atom. The summed E-state index contributed by atoms with van der Waals surface area (Å²) in [5.41, 5.74) is 0. The van der Waals surface area contributed by atoms with Crippen LogP contribution in [0.3, 0.4) is 0 Å². The van der Waals surface area contributed by atoms with E-state index in [4.69, 9.17) is 16.7 Å². The molecule has 1 N–H and O–H groups in total. The zero-order valence-electron chi connectivity index (χ0n) is 5.28. The number of alkyl halides is 1. The van der Waals surface area contributed by atoms with Gasteiger partial charge in [0.1, 0.15) is 6.61 Å². The van der Waals surface area contributed by atoms with E-state index in [1.54, 1.807) is 0 Å². The van der Waals surface area contributed by atoms with Crippen LogP contribution in [0.5, 0.6) is 0 Å². The first-order chi connectivity index (χ1) is 5.16. The number of carbonyl (C=O) groups is 2. The molecule has 0 aliphatic carbocycles. The van der Waals surface area contributed by atoms with Gasteiger partial charge in [-0.3, -0.25) is 0 Å². The summed E-state index contributed by atoms with van der Waals surface area (Å²) in [4.78, 5) is 20.1. The molecule has 0 heterocycles. The van der Waals surface area contributed by atoms with Gasteiger partial charge in [-0.2, -0.15) is 0 Å². The van der Waals surface area contributed by atoms with Gasteiger partial charge in [0.05, 0.1) is 5.88 Å². The van der Waals surface area contributed by atoms with Crippen LogP contribution in [0.2, 0.25) is 0 Å². The first-order valence-electron chi connectivity index (χ1n) is 2.47. The Bertz CT molecular complexity index is 149. The maximum Gasteiger partial charge on any atom is 0.521 e. The lowest BCUT2D eigenvalue weighted by Gasteiger charge is -1.98. The van der Waals surface area contributed by atoms with Crippen molar-refractivity contribution in [3.63, 3.8) is 0 Å². The van der Waals surface area contributed by atoms with Crippen molar-refractivity contribution in [2.24, 2.45) is 0 Å². The van der Waals surface area contributed by atoms with Crippen molar-refractivity contribution in [2.75, 3.05) is 12.5 Å². The van der Waals surface area contributed by atoms with Crippen LogP contribution >= 0.6 is 23.6 Å². The Balaban J connectivity index is 3.30. The van der Waals surface area contributed by atoms with E-state index < -0.39 is 11.5 Å². The summed E-state index contributed by atoms with van der Waals surface area (Å²) in [6.07, 6.45) is -1.06. The maximum atomic E-state index is 10.3. The summed E-state index contributed by atoms with van der Waals surface area (Å²) < 4.78 is 8.27. The zero-order chi connectivity index (χ0) is 8.69. The third kappa shape index (κ3) is 7.27. The third-order valence-electron chi connectivity index (χ3n) is 0.478. The first kappa shape index (κ1) is 10.4. The Morgan fingerprint density at radius 1 is 1.55 bits per heavy atom. The lowest BCUT2D eigenvalue weighted by molar-refractivity contribution is 0.112. The van der Waals surface area contributed by atoms with Crippen LogP contribution in [-0.4, -0.2) is 29.1 Å². The third-order valence-corrected chi connectivity index (χ3v) is 0.994. The van der Waals surface area contributed by atoms with Crippen molar-refractivity contribution >= 4 is 35.1 Å². The van der Waals surface area contributed by atoms with Gasteiger partial charge < -0.3 is 14.0 Å². The molecule has 11 heavy (non-hydrogen) atoms. The fourth-order valence-electron chi connectivity index (χ4n) is 0.216. The van der Waals surface area contributed by atoms with E-state index >= 15 is 0 Å². The van der Waals surface area contributed by atoms with Crippen LogP contribution < -0.4 is 0 Å². The molecule has 5 nitrogen and oxygen atoms in total. The van der Waals surface area contributed by atoms with Crippen LogP contribution in [0.25, 0.3) is 0 Å². The molecule has 0 atom stereocenters.